The number of thioether (sulfide) groups is 1. The number of hydrogen-bond donors (Lipinski definition) is 1. The van der Waals surface area contributed by atoms with Crippen LogP contribution in [-0.2, 0) is 16.0 Å². The smallest absolute Gasteiger partial charge is 0.267 e. The van der Waals surface area contributed by atoms with Gasteiger partial charge in [0.1, 0.15) is 15.8 Å². The Morgan fingerprint density at radius 2 is 2.00 bits per heavy atom. The third kappa shape index (κ3) is 5.32. The standard InChI is InChI=1S/C26H26N4O3S2/c31-24-20(23(27-17-19-11-7-15-33-19)28-22-12-4-5-13-29(22)24)16-21-25(32)30(26(34)35-21)14-6-10-18-8-2-1-3-9-18/h1-5,8-9,12-13,16,19,27H,6-7,10-11,14-15,17H2. The van der Waals surface area contributed by atoms with Gasteiger partial charge in [-0.15, -0.1) is 0 Å². The molecule has 0 radical (unpaired) electrons. The Morgan fingerprint density at radius 3 is 2.80 bits per heavy atom. The van der Waals surface area contributed by atoms with E-state index in [0.29, 0.717) is 39.3 Å². The predicted octanol–water partition coefficient (Wildman–Crippen LogP) is 4.12. The summed E-state index contributed by atoms with van der Waals surface area (Å²) >= 11 is 6.73. The summed E-state index contributed by atoms with van der Waals surface area (Å²) in [5, 5.41) is 3.29. The van der Waals surface area contributed by atoms with Crippen LogP contribution >= 0.6 is 24.0 Å². The average Bonchev–Trinajstić information content (AvgIpc) is 3.49. The lowest BCUT2D eigenvalue weighted by molar-refractivity contribution is -0.122. The van der Waals surface area contributed by atoms with Crippen molar-refractivity contribution >= 4 is 51.7 Å². The molecule has 3 aromatic rings. The number of benzene rings is 1. The second-order valence-electron chi connectivity index (χ2n) is 8.55. The molecule has 1 aromatic carbocycles. The monoisotopic (exact) mass is 506 g/mol. The molecule has 2 fully saturated rings. The number of hydrogen-bond acceptors (Lipinski definition) is 7. The fourth-order valence-corrected chi connectivity index (χ4v) is 5.58. The Labute approximate surface area is 213 Å². The summed E-state index contributed by atoms with van der Waals surface area (Å²) in [6, 6.07) is 15.6. The first-order chi connectivity index (χ1) is 17.1. The zero-order chi connectivity index (χ0) is 24.2. The number of aryl methyl sites for hydroxylation is 1. The van der Waals surface area contributed by atoms with Crippen LogP contribution in [0.1, 0.15) is 30.4 Å². The molecule has 5 rings (SSSR count). The van der Waals surface area contributed by atoms with Crippen molar-refractivity contribution in [3.8, 4) is 0 Å². The van der Waals surface area contributed by atoms with Gasteiger partial charge in [-0.1, -0.05) is 60.4 Å². The molecule has 1 unspecified atom stereocenters. The van der Waals surface area contributed by atoms with Gasteiger partial charge in [0.05, 0.1) is 16.6 Å². The molecule has 0 saturated carbocycles. The molecule has 2 aliphatic rings. The van der Waals surface area contributed by atoms with E-state index in [4.69, 9.17) is 17.0 Å². The van der Waals surface area contributed by atoms with E-state index in [-0.39, 0.29) is 17.6 Å². The second kappa shape index (κ2) is 10.7. The Kier molecular flexibility index (Phi) is 7.26. The number of nitrogens with zero attached hydrogens (tertiary/aromatic N) is 3. The Balaban J connectivity index is 1.39. The van der Waals surface area contributed by atoms with Crippen molar-refractivity contribution in [1.29, 1.82) is 0 Å². The number of ether oxygens (including phenoxy) is 1. The SMILES string of the molecule is O=C1C(=Cc2c(NCC3CCCO3)nc3ccccn3c2=O)SC(=S)N1CCCc1ccccc1. The van der Waals surface area contributed by atoms with Gasteiger partial charge >= 0.3 is 0 Å². The van der Waals surface area contributed by atoms with Crippen LogP contribution in [0.3, 0.4) is 0 Å². The maximum Gasteiger partial charge on any atom is 0.267 e. The maximum atomic E-state index is 13.4. The maximum absolute atomic E-state index is 13.4. The molecule has 0 aliphatic carbocycles. The van der Waals surface area contributed by atoms with Gasteiger partial charge < -0.3 is 10.1 Å². The van der Waals surface area contributed by atoms with Gasteiger partial charge in [-0.3, -0.25) is 18.9 Å². The zero-order valence-corrected chi connectivity index (χ0v) is 20.8. The van der Waals surface area contributed by atoms with Crippen LogP contribution in [0.25, 0.3) is 11.7 Å². The first kappa shape index (κ1) is 23.7. The Hall–Kier alpha value is -3.01. The number of carbonyl (C=O) groups is 1. The van der Waals surface area contributed by atoms with Crippen molar-refractivity contribution in [1.82, 2.24) is 14.3 Å². The molecule has 0 bridgehead atoms. The number of amides is 1. The molecule has 1 N–H and O–H groups in total. The molecule has 2 saturated heterocycles. The molecule has 35 heavy (non-hydrogen) atoms. The molecule has 1 atom stereocenters. The van der Waals surface area contributed by atoms with E-state index < -0.39 is 0 Å². The normalized spacial score (nSPS) is 19.3. The first-order valence-electron chi connectivity index (χ1n) is 11.8. The minimum absolute atomic E-state index is 0.0849. The molecule has 2 aromatic heterocycles. The van der Waals surface area contributed by atoms with E-state index in [0.717, 1.165) is 32.3 Å². The van der Waals surface area contributed by atoms with Crippen LogP contribution in [0.2, 0.25) is 0 Å². The fourth-order valence-electron chi connectivity index (χ4n) is 4.29. The van der Waals surface area contributed by atoms with Crippen molar-refractivity contribution < 1.29 is 9.53 Å². The summed E-state index contributed by atoms with van der Waals surface area (Å²) in [6.45, 7) is 1.84. The second-order valence-corrected chi connectivity index (χ2v) is 10.2. The Bertz CT molecular complexity index is 1330. The molecule has 1 amide bonds. The number of nitrogens with one attached hydrogen (secondary N) is 1. The highest BCUT2D eigenvalue weighted by molar-refractivity contribution is 8.26. The molecule has 2 aliphatic heterocycles. The van der Waals surface area contributed by atoms with Gasteiger partial charge in [-0.25, -0.2) is 4.98 Å². The fraction of sp³-hybridized carbons (Fsp3) is 0.308. The number of rotatable bonds is 8. The summed E-state index contributed by atoms with van der Waals surface area (Å²) < 4.78 is 7.71. The molecule has 4 heterocycles. The van der Waals surface area contributed by atoms with E-state index in [1.807, 2.05) is 24.3 Å². The topological polar surface area (TPSA) is 75.9 Å². The number of carbonyl (C=O) groups excluding carboxylic acids is 1. The highest BCUT2D eigenvalue weighted by Gasteiger charge is 2.32. The summed E-state index contributed by atoms with van der Waals surface area (Å²) in [6.07, 6.45) is 7.06. The van der Waals surface area contributed by atoms with Gasteiger partial charge in [-0.05, 0) is 49.5 Å². The third-order valence-corrected chi connectivity index (χ3v) is 7.51. The largest absolute Gasteiger partial charge is 0.376 e. The van der Waals surface area contributed by atoms with E-state index in [9.17, 15) is 9.59 Å². The molecule has 7 nitrogen and oxygen atoms in total. The van der Waals surface area contributed by atoms with E-state index in [1.165, 1.54) is 21.7 Å². The Morgan fingerprint density at radius 1 is 1.17 bits per heavy atom. The molecule has 9 heteroatoms. The van der Waals surface area contributed by atoms with Crippen LogP contribution in [0, 0.1) is 0 Å². The first-order valence-corrected chi connectivity index (χ1v) is 13.0. The van der Waals surface area contributed by atoms with Crippen LogP contribution in [-0.4, -0.2) is 50.3 Å². The van der Waals surface area contributed by atoms with E-state index >= 15 is 0 Å². The summed E-state index contributed by atoms with van der Waals surface area (Å²) in [7, 11) is 0. The summed E-state index contributed by atoms with van der Waals surface area (Å²) in [4.78, 5) is 33.3. The van der Waals surface area contributed by atoms with Crippen LogP contribution in [0.4, 0.5) is 5.82 Å². The van der Waals surface area contributed by atoms with Crippen molar-refractivity contribution in [2.75, 3.05) is 25.0 Å². The van der Waals surface area contributed by atoms with Crippen LogP contribution < -0.4 is 10.9 Å². The number of fused-ring (bicyclic) bond motifs is 1. The molecule has 0 spiro atoms. The van der Waals surface area contributed by atoms with Crippen molar-refractivity contribution in [3.63, 3.8) is 0 Å². The number of pyridine rings is 1. The number of anilines is 1. The summed E-state index contributed by atoms with van der Waals surface area (Å²) in [5.74, 6) is 0.279. The van der Waals surface area contributed by atoms with E-state index in [1.54, 1.807) is 29.3 Å². The lowest BCUT2D eigenvalue weighted by atomic mass is 10.1. The predicted molar refractivity (Wildman–Crippen MR) is 144 cm³/mol. The van der Waals surface area contributed by atoms with E-state index in [2.05, 4.69) is 22.4 Å². The van der Waals surface area contributed by atoms with Gasteiger partial charge in [0.25, 0.3) is 11.5 Å². The lowest BCUT2D eigenvalue weighted by Gasteiger charge is -2.15. The minimum Gasteiger partial charge on any atom is -0.376 e. The van der Waals surface area contributed by atoms with Crippen molar-refractivity contribution in [2.45, 2.75) is 31.8 Å². The minimum atomic E-state index is -0.236. The average molecular weight is 507 g/mol. The molecule has 180 valence electrons. The number of thiocarbonyl (C=S) groups is 1. The van der Waals surface area contributed by atoms with Gasteiger partial charge in [0, 0.05) is 25.9 Å². The van der Waals surface area contributed by atoms with Gasteiger partial charge in [0.2, 0.25) is 0 Å². The molecular formula is C26H26N4O3S2. The highest BCUT2D eigenvalue weighted by atomic mass is 32.2. The number of aromatic nitrogens is 2. The summed E-state index contributed by atoms with van der Waals surface area (Å²) in [5.41, 5.74) is 1.87. The quantitative estimate of drug-likeness (QED) is 0.364. The molecular weight excluding hydrogens is 480 g/mol. The van der Waals surface area contributed by atoms with Gasteiger partial charge in [-0.2, -0.15) is 0 Å². The van der Waals surface area contributed by atoms with Crippen molar-refractivity contribution in [3.05, 3.63) is 81.1 Å². The van der Waals surface area contributed by atoms with Crippen LogP contribution in [0.15, 0.2) is 64.4 Å². The van der Waals surface area contributed by atoms with Crippen molar-refractivity contribution in [2.24, 2.45) is 0 Å². The highest BCUT2D eigenvalue weighted by Crippen LogP contribution is 2.33. The zero-order valence-electron chi connectivity index (χ0n) is 19.2. The van der Waals surface area contributed by atoms with Crippen LogP contribution in [0.5, 0.6) is 0 Å². The lowest BCUT2D eigenvalue weighted by Crippen LogP contribution is -2.29. The van der Waals surface area contributed by atoms with Gasteiger partial charge in [0.15, 0.2) is 0 Å². The third-order valence-electron chi connectivity index (χ3n) is 6.13.